The number of anilines is 1. The second-order valence-corrected chi connectivity index (χ2v) is 8.30. The molecule has 0 aliphatic rings. The number of amides is 1. The molecule has 0 aliphatic carbocycles. The fourth-order valence-electron chi connectivity index (χ4n) is 2.65. The van der Waals surface area contributed by atoms with E-state index in [0.29, 0.717) is 29.4 Å². The average Bonchev–Trinajstić information content (AvgIpc) is 3.32. The highest BCUT2D eigenvalue weighted by Gasteiger charge is 2.22. The van der Waals surface area contributed by atoms with Crippen molar-refractivity contribution < 1.29 is 19.4 Å². The van der Waals surface area contributed by atoms with Gasteiger partial charge in [0.15, 0.2) is 11.0 Å². The highest BCUT2D eigenvalue weighted by atomic mass is 35.5. The molecule has 178 valence electrons. The van der Waals surface area contributed by atoms with Crippen LogP contribution >= 0.6 is 34.5 Å². The molecule has 0 aromatic carbocycles. The highest BCUT2D eigenvalue weighted by Crippen LogP contribution is 2.28. The summed E-state index contributed by atoms with van der Waals surface area (Å²) >= 11 is 13.1. The number of thiazole rings is 1. The van der Waals surface area contributed by atoms with Crippen molar-refractivity contribution in [1.82, 2.24) is 9.97 Å². The first-order valence-electron chi connectivity index (χ1n) is 9.52. The van der Waals surface area contributed by atoms with Gasteiger partial charge in [-0.1, -0.05) is 34.5 Å². The van der Waals surface area contributed by atoms with Gasteiger partial charge in [0.25, 0.3) is 5.91 Å². The van der Waals surface area contributed by atoms with E-state index in [0.717, 1.165) is 17.7 Å². The average molecular weight is 516 g/mol. The van der Waals surface area contributed by atoms with Crippen molar-refractivity contribution in [2.24, 2.45) is 20.7 Å². The van der Waals surface area contributed by atoms with Gasteiger partial charge in [-0.15, -0.1) is 0 Å². The van der Waals surface area contributed by atoms with E-state index in [9.17, 15) is 14.7 Å². The largest absolute Gasteiger partial charge is 0.477 e. The smallest absolute Gasteiger partial charge is 0.348 e. The number of amidine groups is 1. The number of ether oxygens (including phenoxy) is 1. The Labute approximate surface area is 203 Å². The number of hydrogen-bond acceptors (Lipinski definition) is 7. The Kier molecular flexibility index (Phi) is 9.53. The van der Waals surface area contributed by atoms with Crippen molar-refractivity contribution >= 4 is 69.4 Å². The second-order valence-electron chi connectivity index (χ2n) is 6.54. The van der Waals surface area contributed by atoms with E-state index in [-0.39, 0.29) is 32.3 Å². The Balaban J connectivity index is 2.21. The van der Waals surface area contributed by atoms with E-state index in [1.54, 1.807) is 13.8 Å². The fourth-order valence-corrected chi connectivity index (χ4v) is 3.93. The third-order valence-electron chi connectivity index (χ3n) is 4.49. The fraction of sp³-hybridized carbons (Fsp3) is 0.368. The van der Waals surface area contributed by atoms with Gasteiger partial charge in [-0.05, 0) is 13.8 Å². The van der Waals surface area contributed by atoms with Crippen LogP contribution in [0.25, 0.3) is 0 Å². The molecule has 0 aliphatic heterocycles. The molecule has 1 atom stereocenters. The number of nitrogens with two attached hydrogens (primary N) is 1. The van der Waals surface area contributed by atoms with E-state index in [2.05, 4.69) is 30.3 Å². The summed E-state index contributed by atoms with van der Waals surface area (Å²) in [6, 6.07) is 0. The molecule has 1 amide bonds. The van der Waals surface area contributed by atoms with Gasteiger partial charge in [0.1, 0.15) is 21.4 Å². The van der Waals surface area contributed by atoms with Crippen molar-refractivity contribution in [3.8, 4) is 0 Å². The summed E-state index contributed by atoms with van der Waals surface area (Å²) in [5.41, 5.74) is 6.50. The summed E-state index contributed by atoms with van der Waals surface area (Å²) in [5, 5.41) is 13.3. The van der Waals surface area contributed by atoms with Gasteiger partial charge in [0.2, 0.25) is 0 Å². The highest BCUT2D eigenvalue weighted by molar-refractivity contribution is 7.17. The number of halogens is 2. The molecule has 0 radical (unpaired) electrons. The van der Waals surface area contributed by atoms with Crippen LogP contribution in [0.2, 0.25) is 10.2 Å². The zero-order chi connectivity index (χ0) is 24.7. The molecule has 0 saturated heterocycles. The molecule has 2 rings (SSSR count). The first kappa shape index (κ1) is 26.5. The van der Waals surface area contributed by atoms with E-state index >= 15 is 0 Å². The maximum atomic E-state index is 12.6. The number of carboxylic acid groups (broad SMARTS) is 1. The number of aromatic amines is 1. The first-order valence-corrected chi connectivity index (χ1v) is 11.1. The monoisotopic (exact) mass is 515 g/mol. The summed E-state index contributed by atoms with van der Waals surface area (Å²) in [6.07, 6.45) is 0.858. The van der Waals surface area contributed by atoms with Crippen molar-refractivity contribution in [2.75, 3.05) is 26.0 Å². The summed E-state index contributed by atoms with van der Waals surface area (Å²) in [6.45, 7) is 3.73. The Bertz CT molecular complexity index is 1120. The first-order chi connectivity index (χ1) is 15.6. The third-order valence-corrected chi connectivity index (χ3v) is 6.35. The number of aromatic nitrogens is 2. The minimum Gasteiger partial charge on any atom is -0.477 e. The molecule has 0 spiro atoms. The number of methoxy groups -OCH3 is 1. The Morgan fingerprint density at radius 1 is 1.42 bits per heavy atom. The second kappa shape index (κ2) is 11.9. The summed E-state index contributed by atoms with van der Waals surface area (Å²) in [7, 11) is 2.95. The van der Waals surface area contributed by atoms with Crippen LogP contribution in [0.5, 0.6) is 0 Å². The van der Waals surface area contributed by atoms with Gasteiger partial charge in [-0.3, -0.25) is 9.79 Å². The minimum absolute atomic E-state index is 0.0355. The van der Waals surface area contributed by atoms with Crippen molar-refractivity contribution in [3.05, 3.63) is 32.0 Å². The number of nitrogens with one attached hydrogen (secondary N) is 2. The van der Waals surface area contributed by atoms with Crippen LogP contribution in [-0.2, 0) is 4.74 Å². The standard InChI is InChI=1S/C19H23Cl2N7O4S/c1-8-11(20)12(27-15(8)21)17(29)26-10(9(2)32-4)5-6-24-19-28-13(14(33-19)18(30)31)16(23-3)25-7-22/h7,9,27H,5-6H2,1-4H3,(H,24,28)(H,30,31)(H2,22,23,25). The van der Waals surface area contributed by atoms with Crippen LogP contribution in [0.1, 0.15) is 44.8 Å². The number of carboxylic acids is 1. The van der Waals surface area contributed by atoms with E-state index in [4.69, 9.17) is 33.7 Å². The number of nitrogens with zero attached hydrogens (tertiary/aromatic N) is 4. The van der Waals surface area contributed by atoms with E-state index in [1.165, 1.54) is 14.2 Å². The summed E-state index contributed by atoms with van der Waals surface area (Å²) in [4.78, 5) is 43.1. The maximum absolute atomic E-state index is 12.6. The molecule has 2 heterocycles. The van der Waals surface area contributed by atoms with Crippen molar-refractivity contribution in [2.45, 2.75) is 26.4 Å². The molecule has 33 heavy (non-hydrogen) atoms. The SMILES string of the molecule is CN=C(N=CN)c1nc(NCCC(=NC(=O)c2[nH]c(Cl)c(C)c2Cl)C(C)OC)sc1C(=O)O. The number of carbonyl (C=O) groups excluding carboxylic acids is 1. The molecule has 11 nitrogen and oxygen atoms in total. The predicted octanol–water partition coefficient (Wildman–Crippen LogP) is 3.27. The van der Waals surface area contributed by atoms with Crippen LogP contribution in [0.15, 0.2) is 15.0 Å². The third kappa shape index (κ3) is 6.38. The van der Waals surface area contributed by atoms with Gasteiger partial charge < -0.3 is 25.9 Å². The molecular weight excluding hydrogens is 493 g/mol. The maximum Gasteiger partial charge on any atom is 0.348 e. The van der Waals surface area contributed by atoms with Crippen molar-refractivity contribution in [3.63, 3.8) is 0 Å². The topological polar surface area (TPSA) is 167 Å². The molecule has 0 bridgehead atoms. The zero-order valence-corrected chi connectivity index (χ0v) is 20.6. The molecule has 2 aromatic rings. The minimum atomic E-state index is -1.17. The molecule has 1 unspecified atom stereocenters. The number of aromatic carboxylic acids is 1. The van der Waals surface area contributed by atoms with Crippen LogP contribution < -0.4 is 11.1 Å². The van der Waals surface area contributed by atoms with E-state index < -0.39 is 18.0 Å². The summed E-state index contributed by atoms with van der Waals surface area (Å²) in [5.74, 6) is -1.65. The van der Waals surface area contributed by atoms with Crippen LogP contribution in [0.3, 0.4) is 0 Å². The van der Waals surface area contributed by atoms with Crippen molar-refractivity contribution in [1.29, 1.82) is 0 Å². The number of aliphatic imine (C=N–C) groups is 3. The number of hydrogen-bond donors (Lipinski definition) is 4. The van der Waals surface area contributed by atoms with E-state index in [1.807, 2.05) is 0 Å². The van der Waals surface area contributed by atoms with Crippen LogP contribution in [-0.4, -0.2) is 71.6 Å². The lowest BCUT2D eigenvalue weighted by Crippen LogP contribution is -2.23. The number of rotatable bonds is 9. The molecule has 14 heteroatoms. The molecule has 0 fully saturated rings. The number of carbonyl (C=O) groups is 2. The van der Waals surface area contributed by atoms with Crippen LogP contribution in [0, 0.1) is 6.92 Å². The van der Waals surface area contributed by atoms with Gasteiger partial charge >= 0.3 is 5.97 Å². The quantitative estimate of drug-likeness (QED) is 0.293. The summed E-state index contributed by atoms with van der Waals surface area (Å²) < 4.78 is 5.32. The lowest BCUT2D eigenvalue weighted by Gasteiger charge is -2.13. The normalized spacial score (nSPS) is 13.5. The molecular formula is C19H23Cl2N7O4S. The van der Waals surface area contributed by atoms with Crippen LogP contribution in [0.4, 0.5) is 5.13 Å². The van der Waals surface area contributed by atoms with Gasteiger partial charge in [-0.25, -0.2) is 19.8 Å². The lowest BCUT2D eigenvalue weighted by molar-refractivity contribution is 0.0701. The lowest BCUT2D eigenvalue weighted by atomic mass is 10.1. The zero-order valence-electron chi connectivity index (χ0n) is 18.3. The Morgan fingerprint density at radius 3 is 2.64 bits per heavy atom. The molecule has 0 saturated carbocycles. The molecule has 2 aromatic heterocycles. The van der Waals surface area contributed by atoms with Gasteiger partial charge in [0.05, 0.1) is 23.2 Å². The molecule has 5 N–H and O–H groups in total. The van der Waals surface area contributed by atoms with Gasteiger partial charge in [0, 0.05) is 32.7 Å². The number of H-pyrrole nitrogens is 1. The Morgan fingerprint density at radius 2 is 2.12 bits per heavy atom. The van der Waals surface area contributed by atoms with Gasteiger partial charge in [-0.2, -0.15) is 0 Å². The Hall–Kier alpha value is -2.80. The predicted molar refractivity (Wildman–Crippen MR) is 131 cm³/mol.